The lowest BCUT2D eigenvalue weighted by Gasteiger charge is -2.31. The highest BCUT2D eigenvalue weighted by Gasteiger charge is 2.31. The van der Waals surface area contributed by atoms with Crippen molar-refractivity contribution in [1.29, 1.82) is 5.26 Å². The summed E-state index contributed by atoms with van der Waals surface area (Å²) in [6.45, 7) is 2.24. The third-order valence-corrected chi connectivity index (χ3v) is 5.09. The van der Waals surface area contributed by atoms with Crippen molar-refractivity contribution < 1.29 is 0 Å². The van der Waals surface area contributed by atoms with Crippen molar-refractivity contribution in [3.8, 4) is 6.07 Å². The maximum absolute atomic E-state index is 9.27. The van der Waals surface area contributed by atoms with Crippen molar-refractivity contribution in [3.05, 3.63) is 6.33 Å². The topological polar surface area (TPSA) is 54.5 Å². The fourth-order valence-corrected chi connectivity index (χ4v) is 3.98. The van der Waals surface area contributed by atoms with E-state index in [0.717, 1.165) is 23.9 Å². The van der Waals surface area contributed by atoms with E-state index >= 15 is 0 Å². The lowest BCUT2D eigenvalue weighted by Crippen LogP contribution is -2.26. The Balaban J connectivity index is 2.03. The van der Waals surface area contributed by atoms with Crippen LogP contribution in [0.4, 0.5) is 0 Å². The van der Waals surface area contributed by atoms with E-state index in [1.807, 2.05) is 11.6 Å². The molecule has 0 saturated heterocycles. The fraction of sp³-hybridized carbons (Fsp3) is 0.769. The third-order valence-electron chi connectivity index (χ3n) is 3.69. The standard InChI is InChI=1S/C13H20N4S/c1-3-4-10-5-6-11(8-14)12(7-10)18-13-16-15-9-17(13)2/h9-12H,3-7H2,1-2H3. The zero-order valence-corrected chi connectivity index (χ0v) is 11.9. The first-order chi connectivity index (χ1) is 8.74. The average Bonchev–Trinajstić information content (AvgIpc) is 2.76. The van der Waals surface area contributed by atoms with Crippen molar-refractivity contribution in [2.24, 2.45) is 18.9 Å². The van der Waals surface area contributed by atoms with Crippen molar-refractivity contribution in [2.75, 3.05) is 0 Å². The molecule has 0 N–H and O–H groups in total. The molecule has 5 heteroatoms. The number of aryl methyl sites for hydroxylation is 1. The van der Waals surface area contributed by atoms with Gasteiger partial charge < -0.3 is 4.57 Å². The molecular formula is C13H20N4S. The first kappa shape index (κ1) is 13.4. The molecule has 0 aromatic carbocycles. The summed E-state index contributed by atoms with van der Waals surface area (Å²) in [6, 6.07) is 2.47. The number of nitrogens with zero attached hydrogens (tertiary/aromatic N) is 4. The smallest absolute Gasteiger partial charge is 0.191 e. The molecule has 0 aliphatic heterocycles. The zero-order valence-electron chi connectivity index (χ0n) is 11.0. The van der Waals surface area contributed by atoms with Crippen LogP contribution in [-0.4, -0.2) is 20.0 Å². The van der Waals surface area contributed by atoms with Gasteiger partial charge in [0.05, 0.1) is 12.0 Å². The van der Waals surface area contributed by atoms with Crippen molar-refractivity contribution >= 4 is 11.8 Å². The van der Waals surface area contributed by atoms with Crippen LogP contribution < -0.4 is 0 Å². The second-order valence-corrected chi connectivity index (χ2v) is 6.29. The highest BCUT2D eigenvalue weighted by Crippen LogP contribution is 2.40. The molecule has 1 aromatic rings. The van der Waals surface area contributed by atoms with Crippen molar-refractivity contribution in [2.45, 2.75) is 49.4 Å². The van der Waals surface area contributed by atoms with Crippen molar-refractivity contribution in [3.63, 3.8) is 0 Å². The van der Waals surface area contributed by atoms with Gasteiger partial charge in [-0.2, -0.15) is 5.26 Å². The van der Waals surface area contributed by atoms with E-state index < -0.39 is 0 Å². The Morgan fingerprint density at radius 2 is 2.39 bits per heavy atom. The second-order valence-electron chi connectivity index (χ2n) is 5.08. The van der Waals surface area contributed by atoms with Crippen molar-refractivity contribution in [1.82, 2.24) is 14.8 Å². The molecule has 0 amide bonds. The molecule has 1 saturated carbocycles. The van der Waals surface area contributed by atoms with Crippen LogP contribution in [0.1, 0.15) is 39.0 Å². The van der Waals surface area contributed by atoms with Gasteiger partial charge in [0, 0.05) is 12.3 Å². The Hall–Kier alpha value is -1.02. The Labute approximate surface area is 113 Å². The summed E-state index contributed by atoms with van der Waals surface area (Å²) >= 11 is 1.73. The minimum atomic E-state index is 0.166. The molecule has 4 nitrogen and oxygen atoms in total. The molecule has 1 fully saturated rings. The van der Waals surface area contributed by atoms with Gasteiger partial charge in [-0.25, -0.2) is 0 Å². The predicted molar refractivity (Wildman–Crippen MR) is 72.0 cm³/mol. The largest absolute Gasteiger partial charge is 0.312 e. The molecule has 1 aliphatic rings. The predicted octanol–water partition coefficient (Wildman–Crippen LogP) is 3.02. The lowest BCUT2D eigenvalue weighted by molar-refractivity contribution is 0.306. The zero-order chi connectivity index (χ0) is 13.0. The summed E-state index contributed by atoms with van der Waals surface area (Å²) in [5, 5.41) is 18.6. The van der Waals surface area contributed by atoms with E-state index in [4.69, 9.17) is 0 Å². The summed E-state index contributed by atoms with van der Waals surface area (Å²) in [5.74, 6) is 0.949. The summed E-state index contributed by atoms with van der Waals surface area (Å²) in [5.41, 5.74) is 0. The Bertz CT molecular complexity index is 423. The van der Waals surface area contributed by atoms with E-state index in [0.29, 0.717) is 5.25 Å². The average molecular weight is 264 g/mol. The monoisotopic (exact) mass is 264 g/mol. The van der Waals surface area contributed by atoms with Crippen LogP contribution in [0.2, 0.25) is 0 Å². The third kappa shape index (κ3) is 3.05. The van der Waals surface area contributed by atoms with E-state index in [-0.39, 0.29) is 5.92 Å². The van der Waals surface area contributed by atoms with Gasteiger partial charge in [-0.1, -0.05) is 31.5 Å². The molecule has 0 radical (unpaired) electrons. The van der Waals surface area contributed by atoms with E-state index in [1.165, 1.54) is 19.3 Å². The number of nitriles is 1. The summed E-state index contributed by atoms with van der Waals surface area (Å²) in [7, 11) is 1.95. The van der Waals surface area contributed by atoms with Gasteiger partial charge in [0.1, 0.15) is 6.33 Å². The van der Waals surface area contributed by atoms with E-state index in [9.17, 15) is 5.26 Å². The van der Waals surface area contributed by atoms with Crippen LogP contribution >= 0.6 is 11.8 Å². The van der Waals surface area contributed by atoms with Gasteiger partial charge in [0.25, 0.3) is 0 Å². The number of rotatable bonds is 4. The lowest BCUT2D eigenvalue weighted by atomic mass is 9.80. The molecule has 98 valence electrons. The Kier molecular flexibility index (Phi) is 4.65. The maximum Gasteiger partial charge on any atom is 0.191 e. The summed E-state index contributed by atoms with van der Waals surface area (Å²) in [4.78, 5) is 0. The van der Waals surface area contributed by atoms with E-state index in [1.54, 1.807) is 18.1 Å². The summed E-state index contributed by atoms with van der Waals surface area (Å²) in [6.07, 6.45) is 7.63. The number of hydrogen-bond donors (Lipinski definition) is 0. The van der Waals surface area contributed by atoms with Crippen LogP contribution in [0.25, 0.3) is 0 Å². The molecule has 1 aromatic heterocycles. The minimum absolute atomic E-state index is 0.166. The quantitative estimate of drug-likeness (QED) is 0.839. The molecule has 18 heavy (non-hydrogen) atoms. The fourth-order valence-electron chi connectivity index (χ4n) is 2.67. The molecule has 0 bridgehead atoms. The number of hydrogen-bond acceptors (Lipinski definition) is 4. The SMILES string of the molecule is CCCC1CCC(C#N)C(Sc2nncn2C)C1. The number of aromatic nitrogens is 3. The minimum Gasteiger partial charge on any atom is -0.312 e. The van der Waals surface area contributed by atoms with Crippen LogP contribution in [0.3, 0.4) is 0 Å². The normalized spacial score (nSPS) is 27.9. The number of thioether (sulfide) groups is 1. The van der Waals surface area contributed by atoms with Crippen LogP contribution in [-0.2, 0) is 7.05 Å². The van der Waals surface area contributed by atoms with Gasteiger partial charge in [-0.05, 0) is 25.2 Å². The molecule has 1 heterocycles. The molecule has 2 rings (SSSR count). The Morgan fingerprint density at radius 3 is 3.00 bits per heavy atom. The van der Waals surface area contributed by atoms with Gasteiger partial charge >= 0.3 is 0 Å². The van der Waals surface area contributed by atoms with Gasteiger partial charge in [0.15, 0.2) is 5.16 Å². The highest BCUT2D eigenvalue weighted by atomic mass is 32.2. The van der Waals surface area contributed by atoms with Crippen LogP contribution in [0.15, 0.2) is 11.5 Å². The molecule has 3 unspecified atom stereocenters. The van der Waals surface area contributed by atoms with Crippen LogP contribution in [0, 0.1) is 23.2 Å². The van der Waals surface area contributed by atoms with Crippen LogP contribution in [0.5, 0.6) is 0 Å². The van der Waals surface area contributed by atoms with Gasteiger partial charge in [-0.3, -0.25) is 0 Å². The van der Waals surface area contributed by atoms with Gasteiger partial charge in [-0.15, -0.1) is 10.2 Å². The van der Waals surface area contributed by atoms with Gasteiger partial charge in [0.2, 0.25) is 0 Å². The molecule has 3 atom stereocenters. The first-order valence-electron chi connectivity index (χ1n) is 6.64. The van der Waals surface area contributed by atoms with E-state index in [2.05, 4.69) is 23.2 Å². The molecule has 1 aliphatic carbocycles. The molecular weight excluding hydrogens is 244 g/mol. The maximum atomic E-state index is 9.27. The molecule has 0 spiro atoms. The first-order valence-corrected chi connectivity index (χ1v) is 7.52. The summed E-state index contributed by atoms with van der Waals surface area (Å²) < 4.78 is 1.93. The second kappa shape index (κ2) is 6.24. The Morgan fingerprint density at radius 1 is 1.56 bits per heavy atom. The highest BCUT2D eigenvalue weighted by molar-refractivity contribution is 7.99.